The van der Waals surface area contributed by atoms with E-state index in [0.29, 0.717) is 30.2 Å². The van der Waals surface area contributed by atoms with Crippen LogP contribution in [0.5, 0.6) is 0 Å². The zero-order chi connectivity index (χ0) is 18.1. The molecule has 25 heavy (non-hydrogen) atoms. The Hall–Kier alpha value is -2.22. The molecular formula is C17H22N4O3S. The number of aromatic nitrogens is 2. The van der Waals surface area contributed by atoms with Crippen molar-refractivity contribution in [3.05, 3.63) is 16.3 Å². The summed E-state index contributed by atoms with van der Waals surface area (Å²) in [5.74, 6) is 1.31. The fourth-order valence-electron chi connectivity index (χ4n) is 3.10. The number of hydrogen-bond donors (Lipinski definition) is 0. The van der Waals surface area contributed by atoms with Crippen LogP contribution in [-0.2, 0) is 9.53 Å². The van der Waals surface area contributed by atoms with Crippen LogP contribution in [0.1, 0.15) is 33.9 Å². The summed E-state index contributed by atoms with van der Waals surface area (Å²) in [6.07, 6.45) is 1.58. The average Bonchev–Trinajstić information content (AvgIpc) is 3.14. The molecule has 134 valence electrons. The number of anilines is 1. The van der Waals surface area contributed by atoms with Crippen molar-refractivity contribution in [3.8, 4) is 0 Å². The highest BCUT2D eigenvalue weighted by atomic mass is 32.1. The van der Waals surface area contributed by atoms with Gasteiger partial charge in [0, 0.05) is 33.1 Å². The molecule has 3 heterocycles. The van der Waals surface area contributed by atoms with E-state index in [2.05, 4.69) is 9.97 Å². The summed E-state index contributed by atoms with van der Waals surface area (Å²) >= 11 is 1.33. The van der Waals surface area contributed by atoms with Crippen LogP contribution in [0.4, 0.5) is 5.82 Å². The van der Waals surface area contributed by atoms with Gasteiger partial charge in [-0.1, -0.05) is 0 Å². The van der Waals surface area contributed by atoms with E-state index in [9.17, 15) is 9.59 Å². The second-order valence-electron chi connectivity index (χ2n) is 6.23. The van der Waals surface area contributed by atoms with Crippen LogP contribution in [0.15, 0.2) is 0 Å². The summed E-state index contributed by atoms with van der Waals surface area (Å²) in [7, 11) is 3.33. The first-order chi connectivity index (χ1) is 11.9. The van der Waals surface area contributed by atoms with Crippen LogP contribution < -0.4 is 4.90 Å². The lowest BCUT2D eigenvalue weighted by Gasteiger charge is -2.23. The van der Waals surface area contributed by atoms with Crippen molar-refractivity contribution in [3.63, 3.8) is 0 Å². The molecule has 2 aromatic rings. The van der Waals surface area contributed by atoms with E-state index >= 15 is 0 Å². The quantitative estimate of drug-likeness (QED) is 0.759. The highest BCUT2D eigenvalue weighted by molar-refractivity contribution is 7.20. The first-order valence-electron chi connectivity index (χ1n) is 8.27. The van der Waals surface area contributed by atoms with Gasteiger partial charge in [0.1, 0.15) is 21.3 Å². The minimum Gasteiger partial charge on any atom is -0.465 e. The molecule has 0 N–H and O–H groups in total. The summed E-state index contributed by atoms with van der Waals surface area (Å²) in [5.41, 5.74) is 0.839. The number of carbonyl (C=O) groups excluding carboxylic acids is 2. The van der Waals surface area contributed by atoms with Gasteiger partial charge in [0.15, 0.2) is 0 Å². The van der Waals surface area contributed by atoms with E-state index in [1.807, 2.05) is 30.7 Å². The third-order valence-electron chi connectivity index (χ3n) is 4.49. The molecule has 0 aliphatic carbocycles. The molecule has 3 rings (SSSR count). The topological polar surface area (TPSA) is 75.6 Å². The summed E-state index contributed by atoms with van der Waals surface area (Å²) in [6.45, 7) is 5.92. The van der Waals surface area contributed by atoms with Crippen molar-refractivity contribution >= 4 is 39.2 Å². The van der Waals surface area contributed by atoms with Crippen molar-refractivity contribution < 1.29 is 14.3 Å². The van der Waals surface area contributed by atoms with Crippen molar-refractivity contribution in [2.24, 2.45) is 0 Å². The van der Waals surface area contributed by atoms with Crippen LogP contribution in [0.25, 0.3) is 10.2 Å². The van der Waals surface area contributed by atoms with E-state index in [0.717, 1.165) is 34.6 Å². The molecule has 2 aromatic heterocycles. The third-order valence-corrected chi connectivity index (χ3v) is 5.66. The van der Waals surface area contributed by atoms with Crippen LogP contribution in [0.3, 0.4) is 0 Å². The van der Waals surface area contributed by atoms with Crippen LogP contribution in [0.2, 0.25) is 0 Å². The predicted octanol–water partition coefficient (Wildman–Crippen LogP) is 2.15. The monoisotopic (exact) mass is 362 g/mol. The highest BCUT2D eigenvalue weighted by Gasteiger charge is 2.23. The summed E-state index contributed by atoms with van der Waals surface area (Å²) in [6, 6.07) is 0. The van der Waals surface area contributed by atoms with Gasteiger partial charge in [-0.3, -0.25) is 4.79 Å². The van der Waals surface area contributed by atoms with Gasteiger partial charge in [-0.2, -0.15) is 0 Å². The Morgan fingerprint density at radius 2 is 2.12 bits per heavy atom. The molecule has 0 atom stereocenters. The zero-order valence-electron chi connectivity index (χ0n) is 15.0. The molecule has 0 radical (unpaired) electrons. The van der Waals surface area contributed by atoms with E-state index in [1.165, 1.54) is 18.4 Å². The molecule has 8 heteroatoms. The van der Waals surface area contributed by atoms with Gasteiger partial charge in [-0.25, -0.2) is 14.8 Å². The maximum Gasteiger partial charge on any atom is 0.348 e. The summed E-state index contributed by atoms with van der Waals surface area (Å²) < 4.78 is 4.87. The number of fused-ring (bicyclic) bond motifs is 1. The lowest BCUT2D eigenvalue weighted by molar-refractivity contribution is -0.127. The smallest absolute Gasteiger partial charge is 0.348 e. The normalized spacial score (nSPS) is 14.4. The number of thiophene rings is 1. The molecule has 0 bridgehead atoms. The van der Waals surface area contributed by atoms with Gasteiger partial charge in [0.25, 0.3) is 0 Å². The molecule has 0 unspecified atom stereocenters. The molecule has 1 aliphatic heterocycles. The summed E-state index contributed by atoms with van der Waals surface area (Å²) in [5, 5.41) is 0.881. The molecule has 1 aliphatic rings. The second-order valence-corrected chi connectivity index (χ2v) is 7.23. The van der Waals surface area contributed by atoms with Crippen molar-refractivity contribution in [1.82, 2.24) is 14.9 Å². The Balaban J connectivity index is 1.92. The van der Waals surface area contributed by atoms with Gasteiger partial charge >= 0.3 is 5.97 Å². The van der Waals surface area contributed by atoms with Crippen LogP contribution >= 0.6 is 11.3 Å². The molecule has 0 aromatic carbocycles. The number of esters is 1. The van der Waals surface area contributed by atoms with E-state index in [1.54, 1.807) is 0 Å². The fourth-order valence-corrected chi connectivity index (χ4v) is 4.24. The molecule has 0 spiro atoms. The molecule has 0 saturated carbocycles. The van der Waals surface area contributed by atoms with Gasteiger partial charge < -0.3 is 14.5 Å². The zero-order valence-corrected chi connectivity index (χ0v) is 15.8. The van der Waals surface area contributed by atoms with Gasteiger partial charge in [-0.05, 0) is 25.8 Å². The lowest BCUT2D eigenvalue weighted by Crippen LogP contribution is -2.34. The Morgan fingerprint density at radius 3 is 2.76 bits per heavy atom. The Labute approximate surface area is 150 Å². The fraction of sp³-hybridized carbons (Fsp3) is 0.529. The largest absolute Gasteiger partial charge is 0.465 e. The van der Waals surface area contributed by atoms with Gasteiger partial charge in [0.2, 0.25) is 5.91 Å². The number of methoxy groups -OCH3 is 1. The Morgan fingerprint density at radius 1 is 1.36 bits per heavy atom. The molecule has 1 fully saturated rings. The van der Waals surface area contributed by atoms with Crippen LogP contribution in [-0.4, -0.2) is 60.5 Å². The SMILES string of the molecule is COC(=O)c1sc2nc(C)nc(N(C)CCN3CCCC3=O)c2c1C. The molecule has 7 nitrogen and oxygen atoms in total. The highest BCUT2D eigenvalue weighted by Crippen LogP contribution is 2.35. The second kappa shape index (κ2) is 6.95. The molecular weight excluding hydrogens is 340 g/mol. The number of ether oxygens (including phenoxy) is 1. The van der Waals surface area contributed by atoms with E-state index in [-0.39, 0.29) is 11.9 Å². The molecule has 1 amide bonds. The maximum atomic E-state index is 12.0. The van der Waals surface area contributed by atoms with Crippen molar-refractivity contribution in [1.29, 1.82) is 0 Å². The third kappa shape index (κ3) is 3.30. The first kappa shape index (κ1) is 17.6. The minimum absolute atomic E-state index is 0.220. The van der Waals surface area contributed by atoms with Gasteiger partial charge in [0.05, 0.1) is 12.5 Å². The predicted molar refractivity (Wildman–Crippen MR) is 97.3 cm³/mol. The first-order valence-corrected chi connectivity index (χ1v) is 9.09. The number of likely N-dealkylation sites (tertiary alicyclic amines) is 1. The lowest BCUT2D eigenvalue weighted by atomic mass is 10.2. The van der Waals surface area contributed by atoms with E-state index in [4.69, 9.17) is 4.74 Å². The molecule has 1 saturated heterocycles. The van der Waals surface area contributed by atoms with Crippen molar-refractivity contribution in [2.45, 2.75) is 26.7 Å². The number of nitrogens with zero attached hydrogens (tertiary/aromatic N) is 4. The summed E-state index contributed by atoms with van der Waals surface area (Å²) in [4.78, 5) is 38.1. The van der Waals surface area contributed by atoms with Gasteiger partial charge in [-0.15, -0.1) is 11.3 Å². The maximum absolute atomic E-state index is 12.0. The Bertz CT molecular complexity index is 833. The standard InChI is InChI=1S/C17H22N4O3S/c1-10-13-15(20(3)8-9-21-7-5-6-12(21)22)18-11(2)19-16(13)25-14(10)17(23)24-4/h5-9H2,1-4H3. The number of hydrogen-bond acceptors (Lipinski definition) is 7. The number of likely N-dealkylation sites (N-methyl/N-ethyl adjacent to an activating group) is 1. The number of rotatable bonds is 5. The van der Waals surface area contributed by atoms with Crippen LogP contribution in [0, 0.1) is 13.8 Å². The number of amides is 1. The van der Waals surface area contributed by atoms with Crippen molar-refractivity contribution in [2.75, 3.05) is 38.7 Å². The van der Waals surface area contributed by atoms with E-state index < -0.39 is 0 Å². The number of carbonyl (C=O) groups is 2. The minimum atomic E-state index is -0.352. The Kier molecular flexibility index (Phi) is 4.89. The average molecular weight is 362 g/mol. The number of aryl methyl sites for hydroxylation is 2.